The van der Waals surface area contributed by atoms with E-state index in [-0.39, 0.29) is 0 Å². The Morgan fingerprint density at radius 1 is 1.33 bits per heavy atom. The monoisotopic (exact) mass is 287 g/mol. The Morgan fingerprint density at radius 3 is 2.81 bits per heavy atom. The van der Waals surface area contributed by atoms with Gasteiger partial charge in [-0.3, -0.25) is 9.78 Å². The number of rotatable bonds is 2. The molecule has 0 saturated carbocycles. The van der Waals surface area contributed by atoms with Gasteiger partial charge in [-0.25, -0.2) is 4.79 Å². The molecule has 0 bridgehead atoms. The first-order valence-electron chi connectivity index (χ1n) is 6.90. The van der Waals surface area contributed by atoms with Gasteiger partial charge in [0.2, 0.25) is 0 Å². The second kappa shape index (κ2) is 5.25. The Labute approximate surface area is 121 Å². The highest BCUT2D eigenvalue weighted by atomic mass is 16.2. The van der Waals surface area contributed by atoms with E-state index in [1.165, 1.54) is 6.20 Å². The molecule has 7 heteroatoms. The summed E-state index contributed by atoms with van der Waals surface area (Å²) in [5, 5.41) is 8.26. The molecule has 3 heterocycles. The highest BCUT2D eigenvalue weighted by molar-refractivity contribution is 5.57. The fourth-order valence-corrected chi connectivity index (χ4v) is 2.80. The molecule has 3 rings (SSSR count). The van der Waals surface area contributed by atoms with Crippen LogP contribution in [-0.4, -0.2) is 45.2 Å². The van der Waals surface area contributed by atoms with Crippen molar-refractivity contribution in [1.29, 1.82) is 0 Å². The minimum Gasteiger partial charge on any atom is -0.313 e. The van der Waals surface area contributed by atoms with Crippen molar-refractivity contribution in [3.05, 3.63) is 44.4 Å². The number of nitrogens with zero attached hydrogens (tertiary/aromatic N) is 3. The van der Waals surface area contributed by atoms with Gasteiger partial charge in [-0.05, 0) is 44.5 Å². The summed E-state index contributed by atoms with van der Waals surface area (Å²) in [7, 11) is 2.09. The van der Waals surface area contributed by atoms with E-state index in [4.69, 9.17) is 0 Å². The highest BCUT2D eigenvalue weighted by Crippen LogP contribution is 2.29. The molecule has 1 fully saturated rings. The van der Waals surface area contributed by atoms with Gasteiger partial charge in [0.1, 0.15) is 5.69 Å². The molecule has 2 aromatic rings. The number of hydrogen-bond donors (Lipinski definition) is 2. The number of nitrogens with one attached hydrogen (secondary N) is 2. The van der Waals surface area contributed by atoms with E-state index in [0.29, 0.717) is 17.2 Å². The maximum atomic E-state index is 11.9. The van der Waals surface area contributed by atoms with Crippen LogP contribution in [0.1, 0.15) is 23.6 Å². The smallest absolute Gasteiger partial charge is 0.313 e. The van der Waals surface area contributed by atoms with Crippen molar-refractivity contribution >= 4 is 0 Å². The summed E-state index contributed by atoms with van der Waals surface area (Å²) in [4.78, 5) is 29.9. The van der Waals surface area contributed by atoms with E-state index in [1.807, 2.05) is 13.0 Å². The number of likely N-dealkylation sites (N-methyl/N-ethyl adjacent to an activating group) is 1. The fraction of sp³-hybridized carbons (Fsp3) is 0.429. The predicted octanol–water partition coefficient (Wildman–Crippen LogP) is 0.248. The zero-order valence-corrected chi connectivity index (χ0v) is 12.0. The number of H-pyrrole nitrogens is 2. The van der Waals surface area contributed by atoms with Gasteiger partial charge in [0, 0.05) is 12.7 Å². The van der Waals surface area contributed by atoms with Gasteiger partial charge in [0.05, 0.1) is 11.3 Å². The molecule has 0 aliphatic carbocycles. The molecule has 7 nitrogen and oxygen atoms in total. The van der Waals surface area contributed by atoms with Crippen molar-refractivity contribution in [3.63, 3.8) is 0 Å². The molecule has 0 radical (unpaired) electrons. The van der Waals surface area contributed by atoms with Gasteiger partial charge in [0.15, 0.2) is 0 Å². The third-order valence-corrected chi connectivity index (χ3v) is 3.94. The SMILES string of the molecule is Cc1nnc(-c2c[nH]c(=O)[nH]c2=O)cc1C1CCN(C)C1. The quantitative estimate of drug-likeness (QED) is 0.825. The first kappa shape index (κ1) is 13.7. The summed E-state index contributed by atoms with van der Waals surface area (Å²) >= 11 is 0. The number of aromatic amines is 2. The van der Waals surface area contributed by atoms with Crippen molar-refractivity contribution < 1.29 is 0 Å². The Morgan fingerprint density at radius 2 is 2.14 bits per heavy atom. The maximum absolute atomic E-state index is 11.9. The lowest BCUT2D eigenvalue weighted by Crippen LogP contribution is -2.23. The molecule has 0 spiro atoms. The van der Waals surface area contributed by atoms with Crippen LogP contribution in [0.25, 0.3) is 11.3 Å². The molecule has 1 aliphatic rings. The number of hydrogen-bond acceptors (Lipinski definition) is 5. The minimum absolute atomic E-state index is 0.328. The van der Waals surface area contributed by atoms with Gasteiger partial charge in [-0.2, -0.15) is 5.10 Å². The zero-order valence-electron chi connectivity index (χ0n) is 12.0. The van der Waals surface area contributed by atoms with Gasteiger partial charge in [0.25, 0.3) is 5.56 Å². The van der Waals surface area contributed by atoms with Crippen LogP contribution in [0, 0.1) is 6.92 Å². The summed E-state index contributed by atoms with van der Waals surface area (Å²) in [6.07, 6.45) is 2.45. The topological polar surface area (TPSA) is 94.7 Å². The molecule has 1 saturated heterocycles. The molecular formula is C14H17N5O2. The second-order valence-corrected chi connectivity index (χ2v) is 5.50. The van der Waals surface area contributed by atoms with Crippen LogP contribution in [0.4, 0.5) is 0 Å². The van der Waals surface area contributed by atoms with Gasteiger partial charge >= 0.3 is 5.69 Å². The second-order valence-electron chi connectivity index (χ2n) is 5.50. The highest BCUT2D eigenvalue weighted by Gasteiger charge is 2.24. The summed E-state index contributed by atoms with van der Waals surface area (Å²) in [5.41, 5.74) is 1.85. The molecule has 110 valence electrons. The van der Waals surface area contributed by atoms with Gasteiger partial charge in [-0.15, -0.1) is 5.10 Å². The van der Waals surface area contributed by atoms with E-state index < -0.39 is 11.2 Å². The van der Waals surface area contributed by atoms with Crippen molar-refractivity contribution in [1.82, 2.24) is 25.1 Å². The Balaban J connectivity index is 2.05. The summed E-state index contributed by atoms with van der Waals surface area (Å²) in [6.45, 7) is 3.97. The number of aryl methyl sites for hydroxylation is 1. The molecule has 0 amide bonds. The van der Waals surface area contributed by atoms with E-state index in [1.54, 1.807) is 0 Å². The molecule has 1 atom stereocenters. The lowest BCUT2D eigenvalue weighted by molar-refractivity contribution is 0.411. The minimum atomic E-state index is -0.526. The summed E-state index contributed by atoms with van der Waals surface area (Å²) in [5.74, 6) is 0.408. The third-order valence-electron chi connectivity index (χ3n) is 3.94. The average Bonchev–Trinajstić information content (AvgIpc) is 2.86. The van der Waals surface area contributed by atoms with Crippen LogP contribution in [0.15, 0.2) is 21.9 Å². The molecule has 21 heavy (non-hydrogen) atoms. The number of aromatic nitrogens is 4. The van der Waals surface area contributed by atoms with Crippen LogP contribution >= 0.6 is 0 Å². The van der Waals surface area contributed by atoms with Crippen molar-refractivity contribution in [2.75, 3.05) is 20.1 Å². The van der Waals surface area contributed by atoms with Crippen molar-refractivity contribution in [2.24, 2.45) is 0 Å². The van der Waals surface area contributed by atoms with Crippen LogP contribution in [0.5, 0.6) is 0 Å². The van der Waals surface area contributed by atoms with Crippen LogP contribution < -0.4 is 11.2 Å². The Hall–Kier alpha value is -2.28. The molecule has 2 N–H and O–H groups in total. The lowest BCUT2D eigenvalue weighted by atomic mass is 9.96. The lowest BCUT2D eigenvalue weighted by Gasteiger charge is -2.13. The zero-order chi connectivity index (χ0) is 15.0. The summed E-state index contributed by atoms with van der Waals surface area (Å²) in [6, 6.07) is 1.91. The maximum Gasteiger partial charge on any atom is 0.325 e. The molecule has 0 aromatic carbocycles. The van der Waals surface area contributed by atoms with Crippen molar-refractivity contribution in [2.45, 2.75) is 19.3 Å². The Kier molecular flexibility index (Phi) is 3.42. The summed E-state index contributed by atoms with van der Waals surface area (Å²) < 4.78 is 0. The van der Waals surface area contributed by atoms with Crippen LogP contribution in [0.2, 0.25) is 0 Å². The molecule has 2 aromatic heterocycles. The molecular weight excluding hydrogens is 270 g/mol. The van der Waals surface area contributed by atoms with E-state index in [9.17, 15) is 9.59 Å². The first-order valence-corrected chi connectivity index (χ1v) is 6.90. The van der Waals surface area contributed by atoms with E-state index in [0.717, 1.165) is 30.8 Å². The predicted molar refractivity (Wildman–Crippen MR) is 78.3 cm³/mol. The van der Waals surface area contributed by atoms with Crippen LogP contribution in [-0.2, 0) is 0 Å². The molecule has 1 unspecified atom stereocenters. The molecule has 1 aliphatic heterocycles. The van der Waals surface area contributed by atoms with Crippen molar-refractivity contribution in [3.8, 4) is 11.3 Å². The average molecular weight is 287 g/mol. The number of likely N-dealkylation sites (tertiary alicyclic amines) is 1. The first-order chi connectivity index (χ1) is 10.0. The van der Waals surface area contributed by atoms with Crippen LogP contribution in [0.3, 0.4) is 0 Å². The normalized spacial score (nSPS) is 19.0. The fourth-order valence-electron chi connectivity index (χ4n) is 2.80. The largest absolute Gasteiger partial charge is 0.325 e. The Bertz CT molecular complexity index is 779. The third kappa shape index (κ3) is 2.64. The van der Waals surface area contributed by atoms with E-state index >= 15 is 0 Å². The standard InChI is InChI=1S/C14H17N5O2/c1-8-10(9-3-4-19(2)7-9)5-12(18-17-8)11-6-15-14(21)16-13(11)20/h5-6,9H,3-4,7H2,1-2H3,(H2,15,16,20,21). The van der Waals surface area contributed by atoms with Gasteiger partial charge < -0.3 is 9.88 Å². The van der Waals surface area contributed by atoms with Gasteiger partial charge in [-0.1, -0.05) is 0 Å². The van der Waals surface area contributed by atoms with E-state index in [2.05, 4.69) is 32.1 Å².